The highest BCUT2D eigenvalue weighted by molar-refractivity contribution is 6.31. The van der Waals surface area contributed by atoms with Crippen LogP contribution in [-0.4, -0.2) is 22.1 Å². The van der Waals surface area contributed by atoms with E-state index in [4.69, 9.17) is 27.9 Å². The first-order valence-corrected chi connectivity index (χ1v) is 9.73. The third-order valence-electron chi connectivity index (χ3n) is 4.27. The SMILES string of the molecule is O=C(N/N=C\c1c(Oc2nc(Cl)ncc2F)ccc2ccccc12)c1cccc(Cl)c1. The summed E-state index contributed by atoms with van der Waals surface area (Å²) >= 11 is 11.7. The van der Waals surface area contributed by atoms with Gasteiger partial charge in [-0.3, -0.25) is 4.79 Å². The molecule has 1 aromatic heterocycles. The van der Waals surface area contributed by atoms with Crippen molar-refractivity contribution in [1.29, 1.82) is 0 Å². The van der Waals surface area contributed by atoms with Crippen LogP contribution in [0.1, 0.15) is 15.9 Å². The third kappa shape index (κ3) is 4.79. The predicted molar refractivity (Wildman–Crippen MR) is 118 cm³/mol. The second kappa shape index (κ2) is 9.07. The highest BCUT2D eigenvalue weighted by Crippen LogP contribution is 2.31. The molecule has 0 atom stereocenters. The second-order valence-electron chi connectivity index (χ2n) is 6.30. The van der Waals surface area contributed by atoms with E-state index in [0.29, 0.717) is 16.1 Å². The number of ether oxygens (including phenoxy) is 1. The van der Waals surface area contributed by atoms with E-state index in [0.717, 1.165) is 17.0 Å². The molecule has 0 saturated carbocycles. The van der Waals surface area contributed by atoms with Gasteiger partial charge in [0.15, 0.2) is 0 Å². The zero-order valence-electron chi connectivity index (χ0n) is 15.7. The van der Waals surface area contributed by atoms with Gasteiger partial charge >= 0.3 is 0 Å². The summed E-state index contributed by atoms with van der Waals surface area (Å²) < 4.78 is 19.7. The van der Waals surface area contributed by atoms with Gasteiger partial charge in [0.25, 0.3) is 11.8 Å². The molecule has 1 N–H and O–H groups in total. The first kappa shape index (κ1) is 20.7. The van der Waals surface area contributed by atoms with Crippen LogP contribution in [0.4, 0.5) is 4.39 Å². The largest absolute Gasteiger partial charge is 0.436 e. The molecule has 0 saturated heterocycles. The van der Waals surface area contributed by atoms with E-state index in [2.05, 4.69) is 20.5 Å². The van der Waals surface area contributed by atoms with Crippen LogP contribution >= 0.6 is 23.2 Å². The van der Waals surface area contributed by atoms with Crippen molar-refractivity contribution in [3.05, 3.63) is 94.1 Å². The number of benzene rings is 3. The lowest BCUT2D eigenvalue weighted by molar-refractivity contribution is 0.0955. The van der Waals surface area contributed by atoms with Crippen LogP contribution in [0.3, 0.4) is 0 Å². The molecule has 1 amide bonds. The molecule has 31 heavy (non-hydrogen) atoms. The van der Waals surface area contributed by atoms with E-state index in [1.807, 2.05) is 30.3 Å². The summed E-state index contributed by atoms with van der Waals surface area (Å²) in [4.78, 5) is 19.7. The first-order chi connectivity index (χ1) is 15.0. The van der Waals surface area contributed by atoms with E-state index < -0.39 is 11.7 Å². The van der Waals surface area contributed by atoms with Gasteiger partial charge in [0.05, 0.1) is 12.4 Å². The fourth-order valence-electron chi connectivity index (χ4n) is 2.85. The van der Waals surface area contributed by atoms with E-state index in [9.17, 15) is 9.18 Å². The van der Waals surface area contributed by atoms with Gasteiger partial charge in [0.2, 0.25) is 11.1 Å². The number of carbonyl (C=O) groups is 1. The number of fused-ring (bicyclic) bond motifs is 1. The number of amides is 1. The molecule has 4 rings (SSSR count). The van der Waals surface area contributed by atoms with E-state index in [1.54, 1.807) is 24.3 Å². The maximum absolute atomic E-state index is 14.1. The molecule has 154 valence electrons. The number of hydrogen-bond acceptors (Lipinski definition) is 5. The Morgan fingerprint density at radius 2 is 1.94 bits per heavy atom. The Morgan fingerprint density at radius 1 is 1.10 bits per heavy atom. The fourth-order valence-corrected chi connectivity index (χ4v) is 3.17. The lowest BCUT2D eigenvalue weighted by atomic mass is 10.0. The number of hydrazone groups is 1. The molecule has 0 aliphatic carbocycles. The fraction of sp³-hybridized carbons (Fsp3) is 0. The quantitative estimate of drug-likeness (QED) is 0.240. The summed E-state index contributed by atoms with van der Waals surface area (Å²) in [6.45, 7) is 0. The molecule has 0 fully saturated rings. The van der Waals surface area contributed by atoms with Crippen LogP contribution in [-0.2, 0) is 0 Å². The summed E-state index contributed by atoms with van der Waals surface area (Å²) in [5, 5.41) is 6.01. The minimum absolute atomic E-state index is 0.152. The molecule has 0 aliphatic heterocycles. The van der Waals surface area contributed by atoms with Gasteiger partial charge in [-0.1, -0.05) is 48.0 Å². The summed E-state index contributed by atoms with van der Waals surface area (Å²) in [5.74, 6) is -1.26. The van der Waals surface area contributed by atoms with Gasteiger partial charge in [-0.25, -0.2) is 10.4 Å². The average Bonchev–Trinajstić information content (AvgIpc) is 2.77. The van der Waals surface area contributed by atoms with Crippen LogP contribution in [0.15, 0.2) is 72.0 Å². The molecule has 4 aromatic rings. The van der Waals surface area contributed by atoms with E-state index in [1.165, 1.54) is 12.3 Å². The Hall–Kier alpha value is -3.55. The van der Waals surface area contributed by atoms with Gasteiger partial charge in [-0.2, -0.15) is 14.5 Å². The molecule has 1 heterocycles. The van der Waals surface area contributed by atoms with Crippen molar-refractivity contribution in [2.75, 3.05) is 0 Å². The van der Waals surface area contributed by atoms with Crippen molar-refractivity contribution in [2.24, 2.45) is 5.10 Å². The number of carbonyl (C=O) groups excluding carboxylic acids is 1. The summed E-state index contributed by atoms with van der Waals surface area (Å²) in [5.41, 5.74) is 3.32. The van der Waals surface area contributed by atoms with Crippen LogP contribution in [0, 0.1) is 5.82 Å². The molecule has 0 aliphatic rings. The zero-order chi connectivity index (χ0) is 21.8. The summed E-state index contributed by atoms with van der Waals surface area (Å²) in [7, 11) is 0. The molecular weight excluding hydrogens is 442 g/mol. The Labute approximate surface area is 186 Å². The first-order valence-electron chi connectivity index (χ1n) is 8.98. The molecule has 0 spiro atoms. The summed E-state index contributed by atoms with van der Waals surface area (Å²) in [6.07, 6.45) is 2.34. The van der Waals surface area contributed by atoms with E-state index >= 15 is 0 Å². The molecule has 9 heteroatoms. The second-order valence-corrected chi connectivity index (χ2v) is 7.08. The van der Waals surface area contributed by atoms with Crippen LogP contribution in [0.25, 0.3) is 10.8 Å². The molecule has 3 aromatic carbocycles. The minimum Gasteiger partial charge on any atom is -0.436 e. The number of rotatable bonds is 5. The number of halogens is 3. The lowest BCUT2D eigenvalue weighted by Gasteiger charge is -2.11. The van der Waals surface area contributed by atoms with Gasteiger partial charge in [0, 0.05) is 16.1 Å². The summed E-state index contributed by atoms with van der Waals surface area (Å²) in [6, 6.07) is 17.4. The van der Waals surface area contributed by atoms with Gasteiger partial charge in [0.1, 0.15) is 5.75 Å². The van der Waals surface area contributed by atoms with Crippen molar-refractivity contribution < 1.29 is 13.9 Å². The smallest absolute Gasteiger partial charge is 0.271 e. The standard InChI is InChI=1S/C22H13Cl2FN4O2/c23-15-6-3-5-14(10-15)20(30)29-27-11-17-16-7-2-1-4-13(16)8-9-19(17)31-21-18(25)12-26-22(24)28-21/h1-12H,(H,29,30)/b27-11-. The van der Waals surface area contributed by atoms with Gasteiger partial charge in [-0.05, 0) is 46.6 Å². The maximum Gasteiger partial charge on any atom is 0.271 e. The Balaban J connectivity index is 1.68. The molecule has 6 nitrogen and oxygen atoms in total. The monoisotopic (exact) mass is 454 g/mol. The van der Waals surface area contributed by atoms with Crippen LogP contribution < -0.4 is 10.2 Å². The Morgan fingerprint density at radius 3 is 2.77 bits per heavy atom. The van der Waals surface area contributed by atoms with E-state index in [-0.39, 0.29) is 16.9 Å². The number of aromatic nitrogens is 2. The van der Waals surface area contributed by atoms with Crippen molar-refractivity contribution >= 4 is 46.1 Å². The van der Waals surface area contributed by atoms with Crippen molar-refractivity contribution in [3.8, 4) is 11.6 Å². The highest BCUT2D eigenvalue weighted by Gasteiger charge is 2.13. The topological polar surface area (TPSA) is 76.5 Å². The third-order valence-corrected chi connectivity index (χ3v) is 4.68. The number of nitrogens with zero attached hydrogens (tertiary/aromatic N) is 3. The van der Waals surface area contributed by atoms with Crippen LogP contribution in [0.2, 0.25) is 10.3 Å². The van der Waals surface area contributed by atoms with Gasteiger partial charge in [-0.15, -0.1) is 0 Å². The average molecular weight is 455 g/mol. The predicted octanol–water partition coefficient (Wildman–Crippen LogP) is 5.63. The maximum atomic E-state index is 14.1. The molecular formula is C22H13Cl2FN4O2. The van der Waals surface area contributed by atoms with Crippen molar-refractivity contribution in [2.45, 2.75) is 0 Å². The Kier molecular flexibility index (Phi) is 6.06. The molecule has 0 radical (unpaired) electrons. The highest BCUT2D eigenvalue weighted by atomic mass is 35.5. The minimum atomic E-state index is -0.769. The Bertz CT molecular complexity index is 1310. The van der Waals surface area contributed by atoms with Gasteiger partial charge < -0.3 is 4.74 Å². The van der Waals surface area contributed by atoms with Crippen molar-refractivity contribution in [3.63, 3.8) is 0 Å². The molecule has 0 bridgehead atoms. The molecule has 0 unspecified atom stereocenters. The number of hydrogen-bond donors (Lipinski definition) is 1. The lowest BCUT2D eigenvalue weighted by Crippen LogP contribution is -2.17. The number of nitrogens with one attached hydrogen (secondary N) is 1. The normalized spacial score (nSPS) is 11.1. The van der Waals surface area contributed by atoms with Crippen LogP contribution in [0.5, 0.6) is 11.6 Å². The zero-order valence-corrected chi connectivity index (χ0v) is 17.2. The van der Waals surface area contributed by atoms with Crippen molar-refractivity contribution in [1.82, 2.24) is 15.4 Å².